The molecule has 0 bridgehead atoms. The van der Waals surface area contributed by atoms with Gasteiger partial charge in [-0.1, -0.05) is 12.1 Å². The summed E-state index contributed by atoms with van der Waals surface area (Å²) in [5, 5.41) is 6.74. The number of nitrogens with zero attached hydrogens (tertiary/aromatic N) is 1. The third-order valence-corrected chi connectivity index (χ3v) is 3.46. The molecule has 3 rings (SSSR count). The van der Waals surface area contributed by atoms with Crippen LogP contribution in [0.15, 0.2) is 36.5 Å². The number of aryl methyl sites for hydroxylation is 1. The van der Waals surface area contributed by atoms with Gasteiger partial charge in [-0.2, -0.15) is 0 Å². The first-order chi connectivity index (χ1) is 10.7. The molecule has 0 saturated heterocycles. The van der Waals surface area contributed by atoms with Crippen molar-refractivity contribution >= 4 is 23.1 Å². The van der Waals surface area contributed by atoms with Crippen LogP contribution in [-0.4, -0.2) is 23.3 Å². The van der Waals surface area contributed by atoms with Crippen molar-refractivity contribution < 1.29 is 9.47 Å². The van der Waals surface area contributed by atoms with E-state index in [1.807, 2.05) is 37.3 Å². The highest BCUT2D eigenvalue weighted by Gasteiger charge is 2.11. The third-order valence-electron chi connectivity index (χ3n) is 3.21. The highest BCUT2D eigenvalue weighted by atomic mass is 32.1. The summed E-state index contributed by atoms with van der Waals surface area (Å²) >= 11 is 5.27. The molecule has 5 nitrogen and oxygen atoms in total. The average molecular weight is 315 g/mol. The molecule has 0 amide bonds. The maximum absolute atomic E-state index is 5.57. The second kappa shape index (κ2) is 6.62. The summed E-state index contributed by atoms with van der Waals surface area (Å²) in [5.41, 5.74) is 2.19. The van der Waals surface area contributed by atoms with Crippen LogP contribution in [0.3, 0.4) is 0 Å². The number of thiocarbonyl (C=S) groups is 1. The lowest BCUT2D eigenvalue weighted by Gasteiger charge is -2.19. The Bertz CT molecular complexity index is 674. The van der Waals surface area contributed by atoms with Crippen LogP contribution in [0.25, 0.3) is 0 Å². The summed E-state index contributed by atoms with van der Waals surface area (Å²) in [7, 11) is 0. The number of fused-ring (bicyclic) bond motifs is 1. The van der Waals surface area contributed by atoms with Gasteiger partial charge in [-0.05, 0) is 48.5 Å². The molecular weight excluding hydrogens is 298 g/mol. The van der Waals surface area contributed by atoms with Crippen LogP contribution in [0.1, 0.15) is 11.1 Å². The summed E-state index contributed by atoms with van der Waals surface area (Å²) in [6.45, 7) is 3.79. The van der Waals surface area contributed by atoms with Gasteiger partial charge in [0.15, 0.2) is 16.6 Å². The van der Waals surface area contributed by atoms with E-state index in [0.717, 1.165) is 28.4 Å². The molecular formula is C16H17N3O2S. The molecule has 0 radical (unpaired) electrons. The standard InChI is InChI=1S/C16H17N3O2S/c1-11-2-5-15(17-9-11)19-16(22)18-10-12-3-4-13-14(8-12)21-7-6-20-13/h2-5,8-9H,6-7,10H2,1H3,(H2,17,18,19,22). The SMILES string of the molecule is Cc1ccc(NC(=S)NCc2ccc3c(c2)OCCO3)nc1. The Morgan fingerprint density at radius 3 is 2.77 bits per heavy atom. The molecule has 0 atom stereocenters. The van der Waals surface area contributed by atoms with E-state index in [0.29, 0.717) is 24.9 Å². The Morgan fingerprint density at radius 2 is 2.00 bits per heavy atom. The predicted molar refractivity (Wildman–Crippen MR) is 89.5 cm³/mol. The fourth-order valence-electron chi connectivity index (χ4n) is 2.08. The number of aromatic nitrogens is 1. The van der Waals surface area contributed by atoms with Crippen molar-refractivity contribution in [1.82, 2.24) is 10.3 Å². The van der Waals surface area contributed by atoms with E-state index in [-0.39, 0.29) is 0 Å². The van der Waals surface area contributed by atoms with Crippen LogP contribution in [-0.2, 0) is 6.54 Å². The highest BCUT2D eigenvalue weighted by Crippen LogP contribution is 2.30. The predicted octanol–water partition coefficient (Wildman–Crippen LogP) is 2.65. The number of ether oxygens (including phenoxy) is 2. The van der Waals surface area contributed by atoms with E-state index in [9.17, 15) is 0 Å². The van der Waals surface area contributed by atoms with E-state index in [1.54, 1.807) is 6.20 Å². The number of anilines is 1. The van der Waals surface area contributed by atoms with Crippen LogP contribution in [0.5, 0.6) is 11.5 Å². The molecule has 1 aliphatic heterocycles. The van der Waals surface area contributed by atoms with E-state index in [1.165, 1.54) is 0 Å². The quantitative estimate of drug-likeness (QED) is 0.849. The molecule has 2 N–H and O–H groups in total. The van der Waals surface area contributed by atoms with Gasteiger partial charge < -0.3 is 20.1 Å². The van der Waals surface area contributed by atoms with Gasteiger partial charge in [-0.15, -0.1) is 0 Å². The van der Waals surface area contributed by atoms with Crippen molar-refractivity contribution in [2.24, 2.45) is 0 Å². The van der Waals surface area contributed by atoms with Crippen molar-refractivity contribution in [3.63, 3.8) is 0 Å². The molecule has 0 aliphatic carbocycles. The second-order valence-electron chi connectivity index (χ2n) is 5.01. The van der Waals surface area contributed by atoms with E-state index in [2.05, 4.69) is 15.6 Å². The zero-order chi connectivity index (χ0) is 15.4. The Balaban J connectivity index is 1.55. The van der Waals surface area contributed by atoms with Crippen LogP contribution < -0.4 is 20.1 Å². The molecule has 1 aliphatic rings. The molecule has 1 aromatic carbocycles. The van der Waals surface area contributed by atoms with Gasteiger partial charge in [-0.3, -0.25) is 0 Å². The van der Waals surface area contributed by atoms with Gasteiger partial charge in [0.25, 0.3) is 0 Å². The molecule has 6 heteroatoms. The molecule has 0 saturated carbocycles. The lowest BCUT2D eigenvalue weighted by atomic mass is 10.2. The number of pyridine rings is 1. The molecule has 2 aromatic rings. The van der Waals surface area contributed by atoms with Crippen LogP contribution in [0.2, 0.25) is 0 Å². The maximum atomic E-state index is 5.57. The molecule has 22 heavy (non-hydrogen) atoms. The maximum Gasteiger partial charge on any atom is 0.172 e. The summed E-state index contributed by atoms with van der Waals surface area (Å²) in [4.78, 5) is 4.26. The molecule has 0 spiro atoms. The van der Waals surface area contributed by atoms with Gasteiger partial charge in [0.05, 0.1) is 0 Å². The summed E-state index contributed by atoms with van der Waals surface area (Å²) < 4.78 is 11.1. The van der Waals surface area contributed by atoms with Crippen molar-refractivity contribution in [2.75, 3.05) is 18.5 Å². The second-order valence-corrected chi connectivity index (χ2v) is 5.41. The third kappa shape index (κ3) is 3.65. The molecule has 1 aromatic heterocycles. The summed E-state index contributed by atoms with van der Waals surface area (Å²) in [6, 6.07) is 9.76. The Kier molecular flexibility index (Phi) is 4.39. The Hall–Kier alpha value is -2.34. The fraction of sp³-hybridized carbons (Fsp3) is 0.250. The van der Waals surface area contributed by atoms with Crippen molar-refractivity contribution in [1.29, 1.82) is 0 Å². The van der Waals surface area contributed by atoms with Crippen LogP contribution in [0.4, 0.5) is 5.82 Å². The lowest BCUT2D eigenvalue weighted by molar-refractivity contribution is 0.171. The number of hydrogen-bond donors (Lipinski definition) is 2. The monoisotopic (exact) mass is 315 g/mol. The molecule has 114 valence electrons. The Morgan fingerprint density at radius 1 is 1.18 bits per heavy atom. The molecule has 0 unspecified atom stereocenters. The summed E-state index contributed by atoms with van der Waals surface area (Å²) in [5.74, 6) is 2.30. The number of rotatable bonds is 3. The zero-order valence-corrected chi connectivity index (χ0v) is 13.1. The van der Waals surface area contributed by atoms with Crippen molar-refractivity contribution in [3.8, 4) is 11.5 Å². The lowest BCUT2D eigenvalue weighted by Crippen LogP contribution is -2.28. The van der Waals surface area contributed by atoms with Gasteiger partial charge in [0.2, 0.25) is 0 Å². The van der Waals surface area contributed by atoms with Gasteiger partial charge in [0, 0.05) is 12.7 Å². The smallest absolute Gasteiger partial charge is 0.172 e. The van der Waals surface area contributed by atoms with Crippen molar-refractivity contribution in [2.45, 2.75) is 13.5 Å². The minimum absolute atomic E-state index is 0.534. The zero-order valence-electron chi connectivity index (χ0n) is 12.3. The first-order valence-electron chi connectivity index (χ1n) is 7.07. The van der Waals surface area contributed by atoms with Crippen molar-refractivity contribution in [3.05, 3.63) is 47.7 Å². The normalized spacial score (nSPS) is 12.6. The van der Waals surface area contributed by atoms with Crippen LogP contribution in [0, 0.1) is 6.92 Å². The minimum Gasteiger partial charge on any atom is -0.486 e. The molecule has 2 heterocycles. The summed E-state index contributed by atoms with van der Waals surface area (Å²) in [6.07, 6.45) is 1.80. The van der Waals surface area contributed by atoms with E-state index < -0.39 is 0 Å². The Labute approximate surface area is 134 Å². The minimum atomic E-state index is 0.534. The topological polar surface area (TPSA) is 55.4 Å². The molecule has 0 fully saturated rings. The van der Waals surface area contributed by atoms with E-state index in [4.69, 9.17) is 21.7 Å². The van der Waals surface area contributed by atoms with Gasteiger partial charge >= 0.3 is 0 Å². The largest absolute Gasteiger partial charge is 0.486 e. The number of benzene rings is 1. The number of hydrogen-bond acceptors (Lipinski definition) is 4. The first kappa shape index (κ1) is 14.6. The first-order valence-corrected chi connectivity index (χ1v) is 7.47. The number of nitrogens with one attached hydrogen (secondary N) is 2. The average Bonchev–Trinajstić information content (AvgIpc) is 2.55. The fourth-order valence-corrected chi connectivity index (χ4v) is 2.26. The van der Waals surface area contributed by atoms with Gasteiger partial charge in [0.1, 0.15) is 19.0 Å². The van der Waals surface area contributed by atoms with Crippen LogP contribution >= 0.6 is 12.2 Å². The van der Waals surface area contributed by atoms with Gasteiger partial charge in [-0.25, -0.2) is 4.98 Å². The highest BCUT2D eigenvalue weighted by molar-refractivity contribution is 7.80. The van der Waals surface area contributed by atoms with E-state index >= 15 is 0 Å².